The average Bonchev–Trinajstić information content (AvgIpc) is 3.29. The Kier molecular flexibility index (Phi) is 7.18. The van der Waals surface area contributed by atoms with Crippen molar-refractivity contribution in [3.63, 3.8) is 0 Å². The third-order valence-corrected chi connectivity index (χ3v) is 5.46. The molecule has 1 aliphatic heterocycles. The van der Waals surface area contributed by atoms with Crippen molar-refractivity contribution in [2.45, 2.75) is 51.2 Å². The number of carbonyl (C=O) groups excluding carboxylic acids is 1. The summed E-state index contributed by atoms with van der Waals surface area (Å²) >= 11 is 0. The van der Waals surface area contributed by atoms with Crippen molar-refractivity contribution in [3.8, 4) is 5.69 Å². The summed E-state index contributed by atoms with van der Waals surface area (Å²) in [6, 6.07) is 10.5. The van der Waals surface area contributed by atoms with E-state index in [1.807, 2.05) is 0 Å². The highest BCUT2D eigenvalue weighted by Crippen LogP contribution is 2.36. The number of fused-ring (bicyclic) bond motifs is 1. The van der Waals surface area contributed by atoms with Gasteiger partial charge in [0.25, 0.3) is 0 Å². The van der Waals surface area contributed by atoms with Crippen LogP contribution in [-0.2, 0) is 16.0 Å². The molecule has 28 heavy (non-hydrogen) atoms. The van der Waals surface area contributed by atoms with Crippen LogP contribution in [0.5, 0.6) is 0 Å². The van der Waals surface area contributed by atoms with E-state index < -0.39 is 0 Å². The number of benzene rings is 1. The van der Waals surface area contributed by atoms with Crippen LogP contribution in [0.1, 0.15) is 43.9 Å². The van der Waals surface area contributed by atoms with E-state index in [1.54, 1.807) is 0 Å². The zero-order valence-corrected chi connectivity index (χ0v) is 17.0. The molecular weight excluding hydrogens is 350 g/mol. The van der Waals surface area contributed by atoms with Crippen molar-refractivity contribution >= 4 is 6.29 Å². The van der Waals surface area contributed by atoms with Gasteiger partial charge in [-0.3, -0.25) is 9.69 Å². The first kappa shape index (κ1) is 20.5. The Morgan fingerprint density at radius 2 is 1.89 bits per heavy atom. The standard InChI is InChI=1S/C20H27N3O.C3H4O/c1-15-13-22(14-16(2)24-15)11-10-17-8-9-20-19(17)12-21-23(20)18-6-4-3-5-7-18;1-2-3-4/h3-7,12,15-17H,8-11,13-14H2,1-2H3;2-3H,1H2. The summed E-state index contributed by atoms with van der Waals surface area (Å²) in [6.45, 7) is 10.8. The molecule has 2 aliphatic rings. The molecule has 1 aromatic heterocycles. The number of rotatable bonds is 5. The Bertz CT molecular complexity index is 755. The van der Waals surface area contributed by atoms with Crippen molar-refractivity contribution in [1.82, 2.24) is 14.7 Å². The van der Waals surface area contributed by atoms with E-state index in [0.717, 1.165) is 19.5 Å². The molecule has 0 N–H and O–H groups in total. The zero-order valence-electron chi connectivity index (χ0n) is 17.0. The Morgan fingerprint density at radius 3 is 2.54 bits per heavy atom. The lowest BCUT2D eigenvalue weighted by Crippen LogP contribution is -2.45. The first-order chi connectivity index (χ1) is 13.6. The summed E-state index contributed by atoms with van der Waals surface area (Å²) in [5.41, 5.74) is 4.05. The Hall–Kier alpha value is -2.24. The topological polar surface area (TPSA) is 47.4 Å². The molecule has 0 saturated carbocycles. The van der Waals surface area contributed by atoms with Gasteiger partial charge in [0.15, 0.2) is 0 Å². The van der Waals surface area contributed by atoms with Gasteiger partial charge in [-0.15, -0.1) is 0 Å². The number of aldehydes is 1. The Balaban J connectivity index is 0.000000516. The first-order valence-corrected chi connectivity index (χ1v) is 10.2. The quantitative estimate of drug-likeness (QED) is 0.584. The van der Waals surface area contributed by atoms with Gasteiger partial charge >= 0.3 is 0 Å². The number of ether oxygens (including phenoxy) is 1. The second-order valence-electron chi connectivity index (χ2n) is 7.71. The highest BCUT2D eigenvalue weighted by atomic mass is 16.5. The van der Waals surface area contributed by atoms with Gasteiger partial charge in [0.1, 0.15) is 6.29 Å². The van der Waals surface area contributed by atoms with Crippen LogP contribution in [0.25, 0.3) is 5.69 Å². The average molecular weight is 382 g/mol. The smallest absolute Gasteiger partial charge is 0.142 e. The van der Waals surface area contributed by atoms with Gasteiger partial charge in [-0.2, -0.15) is 5.10 Å². The van der Waals surface area contributed by atoms with Crippen LogP contribution in [-0.4, -0.2) is 52.8 Å². The molecule has 1 fully saturated rings. The SMILES string of the molecule is C=CC=O.CC1CN(CCC2CCc3c2cnn3-c2ccccc2)CC(C)O1. The van der Waals surface area contributed by atoms with Crippen molar-refractivity contribution in [3.05, 3.63) is 60.4 Å². The highest BCUT2D eigenvalue weighted by molar-refractivity contribution is 5.63. The zero-order chi connectivity index (χ0) is 19.9. The summed E-state index contributed by atoms with van der Waals surface area (Å²) in [6.07, 6.45) is 8.28. The fourth-order valence-corrected chi connectivity index (χ4v) is 4.34. The normalized spacial score (nSPS) is 24.1. The number of aromatic nitrogens is 2. The number of morpholine rings is 1. The fourth-order valence-electron chi connectivity index (χ4n) is 4.34. The first-order valence-electron chi connectivity index (χ1n) is 10.2. The monoisotopic (exact) mass is 381 g/mol. The predicted molar refractivity (Wildman–Crippen MR) is 112 cm³/mol. The molecule has 0 amide bonds. The number of hydrogen-bond acceptors (Lipinski definition) is 4. The van der Waals surface area contributed by atoms with Crippen LogP contribution in [0.2, 0.25) is 0 Å². The van der Waals surface area contributed by atoms with Crippen LogP contribution in [0.15, 0.2) is 49.2 Å². The maximum atomic E-state index is 9.06. The molecule has 3 atom stereocenters. The number of allylic oxidation sites excluding steroid dienone is 1. The van der Waals surface area contributed by atoms with Crippen molar-refractivity contribution in [1.29, 1.82) is 0 Å². The maximum Gasteiger partial charge on any atom is 0.142 e. The molecule has 1 aliphatic carbocycles. The third-order valence-electron chi connectivity index (χ3n) is 5.46. The molecule has 3 unspecified atom stereocenters. The summed E-state index contributed by atoms with van der Waals surface area (Å²) in [5, 5.41) is 4.66. The molecule has 2 aromatic rings. The predicted octanol–water partition coefficient (Wildman–Crippen LogP) is 3.77. The maximum absolute atomic E-state index is 9.06. The number of hydrogen-bond donors (Lipinski definition) is 0. The van der Waals surface area contributed by atoms with E-state index in [1.165, 1.54) is 42.4 Å². The van der Waals surface area contributed by atoms with Gasteiger partial charge in [0.2, 0.25) is 0 Å². The molecule has 1 saturated heterocycles. The Labute approximate surface area is 168 Å². The highest BCUT2D eigenvalue weighted by Gasteiger charge is 2.28. The van der Waals surface area contributed by atoms with Crippen LogP contribution in [0, 0.1) is 0 Å². The molecule has 2 heterocycles. The van der Waals surface area contributed by atoms with Gasteiger partial charge in [0, 0.05) is 18.8 Å². The van der Waals surface area contributed by atoms with E-state index in [0.29, 0.717) is 24.4 Å². The fraction of sp³-hybridized carbons (Fsp3) is 0.478. The van der Waals surface area contributed by atoms with Crippen LogP contribution >= 0.6 is 0 Å². The number of carbonyl (C=O) groups is 1. The van der Waals surface area contributed by atoms with Crippen molar-refractivity contribution < 1.29 is 9.53 Å². The molecule has 5 nitrogen and oxygen atoms in total. The van der Waals surface area contributed by atoms with E-state index in [9.17, 15) is 0 Å². The lowest BCUT2D eigenvalue weighted by atomic mass is 10.00. The molecule has 0 spiro atoms. The van der Waals surface area contributed by atoms with Gasteiger partial charge in [-0.25, -0.2) is 4.68 Å². The molecule has 5 heteroatoms. The van der Waals surface area contributed by atoms with E-state index >= 15 is 0 Å². The van der Waals surface area contributed by atoms with Gasteiger partial charge in [-0.05, 0) is 69.3 Å². The second kappa shape index (κ2) is 9.80. The lowest BCUT2D eigenvalue weighted by molar-refractivity contribution is -0.104. The van der Waals surface area contributed by atoms with Crippen LogP contribution in [0.3, 0.4) is 0 Å². The number of para-hydroxylation sites is 1. The summed E-state index contributed by atoms with van der Waals surface area (Å²) in [5.74, 6) is 0.658. The molecule has 0 bridgehead atoms. The lowest BCUT2D eigenvalue weighted by Gasteiger charge is -2.35. The third kappa shape index (κ3) is 4.97. The minimum atomic E-state index is 0.355. The van der Waals surface area contributed by atoms with Gasteiger partial charge < -0.3 is 4.74 Å². The molecule has 150 valence electrons. The summed E-state index contributed by atoms with van der Waals surface area (Å²) in [7, 11) is 0. The Morgan fingerprint density at radius 1 is 1.21 bits per heavy atom. The molecule has 0 radical (unpaired) electrons. The molecular formula is C23H31N3O2. The van der Waals surface area contributed by atoms with Crippen molar-refractivity contribution in [2.24, 2.45) is 0 Å². The largest absolute Gasteiger partial charge is 0.373 e. The summed E-state index contributed by atoms with van der Waals surface area (Å²) < 4.78 is 7.97. The van der Waals surface area contributed by atoms with E-state index in [-0.39, 0.29) is 0 Å². The van der Waals surface area contributed by atoms with Crippen molar-refractivity contribution in [2.75, 3.05) is 19.6 Å². The van der Waals surface area contributed by atoms with Gasteiger partial charge in [-0.1, -0.05) is 24.8 Å². The van der Waals surface area contributed by atoms with Crippen LogP contribution < -0.4 is 0 Å². The minimum absolute atomic E-state index is 0.355. The number of nitrogens with zero attached hydrogens (tertiary/aromatic N) is 3. The van der Waals surface area contributed by atoms with E-state index in [4.69, 9.17) is 9.53 Å². The van der Waals surface area contributed by atoms with Crippen LogP contribution in [0.4, 0.5) is 0 Å². The van der Waals surface area contributed by atoms with Gasteiger partial charge in [0.05, 0.1) is 24.1 Å². The second-order valence-corrected chi connectivity index (χ2v) is 7.71. The molecule has 1 aromatic carbocycles. The van der Waals surface area contributed by atoms with E-state index in [2.05, 4.69) is 71.6 Å². The molecule has 4 rings (SSSR count). The summed E-state index contributed by atoms with van der Waals surface area (Å²) in [4.78, 5) is 11.6. The minimum Gasteiger partial charge on any atom is -0.373 e.